The molecule has 1 amide bonds. The number of nitrogens with one attached hydrogen (secondary N) is 2. The quantitative estimate of drug-likeness (QED) is 0.226. The van der Waals surface area contributed by atoms with Crippen LogP contribution in [-0.4, -0.2) is 79.0 Å². The molecule has 1 saturated heterocycles. The first-order valence-electron chi connectivity index (χ1n) is 14.8. The van der Waals surface area contributed by atoms with E-state index in [0.29, 0.717) is 55.0 Å². The highest BCUT2D eigenvalue weighted by molar-refractivity contribution is 5.80. The molecule has 0 radical (unpaired) electrons. The Labute approximate surface area is 248 Å². The minimum absolute atomic E-state index is 0.0995. The molecule has 4 N–H and O–H groups in total. The summed E-state index contributed by atoms with van der Waals surface area (Å²) in [4.78, 5) is 29.5. The molecule has 2 aliphatic rings. The summed E-state index contributed by atoms with van der Waals surface area (Å²) < 4.78 is 7.57. The van der Waals surface area contributed by atoms with Crippen LogP contribution in [0.3, 0.4) is 0 Å². The van der Waals surface area contributed by atoms with Crippen molar-refractivity contribution in [3.8, 4) is 11.4 Å². The highest BCUT2D eigenvalue weighted by Gasteiger charge is 2.31. The lowest BCUT2D eigenvalue weighted by Crippen LogP contribution is -2.50. The molecular weight excluding hydrogens is 544 g/mol. The predicted octanol–water partition coefficient (Wildman–Crippen LogP) is 3.11. The number of imidazole rings is 1. The van der Waals surface area contributed by atoms with Crippen molar-refractivity contribution in [1.82, 2.24) is 40.2 Å². The summed E-state index contributed by atoms with van der Waals surface area (Å²) in [6.07, 6.45) is 6.29. The maximum absolute atomic E-state index is 12.7. The zero-order valence-electron chi connectivity index (χ0n) is 23.9. The zero-order valence-corrected chi connectivity index (χ0v) is 23.9. The standard InChI is InChI=1S/C31H34N10O2/c32-28-27-30(34-20-33-27)41(18-25-17-35-38-37-25)29(36-28)24-8-4-7-23(16-24)26(15-21-5-2-1-3-6-21)39-11-13-40(14-12-39)31(42)43-19-22-9-10-22/h1-8,16-17,20,22,26H,9-15,18-19H2,(H3,32,33,34,35,37,38)/p+1. The summed E-state index contributed by atoms with van der Waals surface area (Å²) in [5.74, 6) is 1.64. The smallest absolute Gasteiger partial charge is 0.409 e. The molecule has 5 aromatic rings. The van der Waals surface area contributed by atoms with Crippen molar-refractivity contribution in [3.05, 3.63) is 83.9 Å². The second-order valence-electron chi connectivity index (χ2n) is 11.3. The number of hydrogen-bond donors (Lipinski definition) is 3. The molecule has 2 aromatic carbocycles. The molecule has 2 fully saturated rings. The molecule has 1 aliphatic heterocycles. The number of benzene rings is 2. The van der Waals surface area contributed by atoms with Crippen LogP contribution in [0.1, 0.15) is 35.7 Å². The third kappa shape index (κ3) is 5.91. The van der Waals surface area contributed by atoms with Crippen molar-refractivity contribution in [1.29, 1.82) is 0 Å². The van der Waals surface area contributed by atoms with Gasteiger partial charge in [0.2, 0.25) is 5.82 Å². The first-order chi connectivity index (χ1) is 21.1. The number of hydrogen-bond acceptors (Lipinski definition) is 8. The van der Waals surface area contributed by atoms with Gasteiger partial charge >= 0.3 is 6.09 Å². The number of nitrogens with two attached hydrogens (primary N) is 1. The van der Waals surface area contributed by atoms with Crippen LogP contribution in [0, 0.1) is 5.92 Å². The van der Waals surface area contributed by atoms with Crippen molar-refractivity contribution in [3.63, 3.8) is 0 Å². The van der Waals surface area contributed by atoms with E-state index in [2.05, 4.69) is 78.8 Å². The molecular formula is C31H35N10O2+. The maximum Gasteiger partial charge on any atom is 0.409 e. The number of aromatic nitrogens is 7. The van der Waals surface area contributed by atoms with E-state index in [4.69, 9.17) is 15.5 Å². The third-order valence-electron chi connectivity index (χ3n) is 8.35. The van der Waals surface area contributed by atoms with Crippen LogP contribution in [0.4, 0.5) is 10.6 Å². The largest absolute Gasteiger partial charge is 0.449 e. The van der Waals surface area contributed by atoms with E-state index in [0.717, 1.165) is 30.8 Å². The molecule has 3 aromatic heterocycles. The minimum Gasteiger partial charge on any atom is -0.449 e. The minimum atomic E-state index is -0.192. The molecule has 4 heterocycles. The Morgan fingerprint density at radius 3 is 2.70 bits per heavy atom. The lowest BCUT2D eigenvalue weighted by atomic mass is 9.95. The van der Waals surface area contributed by atoms with Crippen molar-refractivity contribution < 1.29 is 14.1 Å². The highest BCUT2D eigenvalue weighted by atomic mass is 16.6. The van der Waals surface area contributed by atoms with Gasteiger partial charge in [0.15, 0.2) is 11.8 Å². The number of carbonyl (C=O) groups excluding carboxylic acids is 1. The molecule has 7 rings (SSSR count). The summed E-state index contributed by atoms with van der Waals surface area (Å²) in [5.41, 5.74) is 11.9. The van der Waals surface area contributed by atoms with Gasteiger partial charge in [-0.3, -0.25) is 4.90 Å². The summed E-state index contributed by atoms with van der Waals surface area (Å²) in [6.45, 7) is 3.77. The van der Waals surface area contributed by atoms with Crippen LogP contribution in [0.15, 0.2) is 67.1 Å². The number of amides is 1. The Hall–Kier alpha value is -4.84. The van der Waals surface area contributed by atoms with Gasteiger partial charge in [0, 0.05) is 32.2 Å². The second-order valence-corrected chi connectivity index (χ2v) is 11.3. The van der Waals surface area contributed by atoms with Crippen molar-refractivity contribution >= 4 is 23.1 Å². The molecule has 12 heteroatoms. The first kappa shape index (κ1) is 27.0. The molecule has 0 bridgehead atoms. The fourth-order valence-electron chi connectivity index (χ4n) is 5.81. The fourth-order valence-corrected chi connectivity index (χ4v) is 5.81. The Morgan fingerprint density at radius 1 is 1.09 bits per heavy atom. The Morgan fingerprint density at radius 2 is 1.93 bits per heavy atom. The average molecular weight is 580 g/mol. The number of carbonyl (C=O) groups is 1. The van der Waals surface area contributed by atoms with Gasteiger partial charge in [-0.1, -0.05) is 52.4 Å². The van der Waals surface area contributed by atoms with Gasteiger partial charge in [0.25, 0.3) is 11.5 Å². The van der Waals surface area contributed by atoms with Crippen molar-refractivity contribution in [2.24, 2.45) is 5.92 Å². The van der Waals surface area contributed by atoms with E-state index >= 15 is 0 Å². The molecule has 43 heavy (non-hydrogen) atoms. The number of rotatable bonds is 9. The van der Waals surface area contributed by atoms with Crippen molar-refractivity contribution in [2.45, 2.75) is 31.8 Å². The van der Waals surface area contributed by atoms with E-state index in [1.165, 1.54) is 24.0 Å². The number of nitrogens with zero attached hydrogens (tertiary/aromatic N) is 7. The van der Waals surface area contributed by atoms with Crippen LogP contribution >= 0.6 is 0 Å². The van der Waals surface area contributed by atoms with Crippen LogP contribution in [0.25, 0.3) is 22.6 Å². The van der Waals surface area contributed by atoms with Gasteiger partial charge in [-0.05, 0) is 48.4 Å². The first-order valence-corrected chi connectivity index (χ1v) is 14.8. The molecule has 1 unspecified atom stereocenters. The van der Waals surface area contributed by atoms with Gasteiger partial charge in [0.05, 0.1) is 18.4 Å². The Kier molecular flexibility index (Phi) is 7.42. The summed E-state index contributed by atoms with van der Waals surface area (Å²) >= 11 is 0. The highest BCUT2D eigenvalue weighted by Crippen LogP contribution is 2.31. The summed E-state index contributed by atoms with van der Waals surface area (Å²) in [6, 6.07) is 19.1. The monoisotopic (exact) mass is 579 g/mol. The zero-order chi connectivity index (χ0) is 29.2. The molecule has 220 valence electrons. The SMILES string of the molecule is Nc1nc(-c2cccc(C(Cc3ccccc3)N3CCN(C(=O)OCC4CC4)CC3)c2)[n+](Cc2cn[nH]n2)c2nc[nH]c12. The Bertz CT molecular complexity index is 1690. The normalized spacial score (nSPS) is 16.4. The lowest BCUT2D eigenvalue weighted by molar-refractivity contribution is -0.656. The summed E-state index contributed by atoms with van der Waals surface area (Å²) in [5, 5.41) is 10.9. The number of fused-ring (bicyclic) bond motifs is 1. The van der Waals surface area contributed by atoms with Crippen LogP contribution < -0.4 is 10.3 Å². The molecule has 1 aliphatic carbocycles. The van der Waals surface area contributed by atoms with E-state index in [-0.39, 0.29) is 12.1 Å². The molecule has 1 atom stereocenters. The van der Waals surface area contributed by atoms with Gasteiger partial charge in [-0.2, -0.15) is 15.4 Å². The number of H-pyrrole nitrogens is 2. The number of piperazine rings is 1. The number of nitrogen functional groups attached to an aromatic ring is 1. The van der Waals surface area contributed by atoms with Crippen molar-refractivity contribution in [2.75, 3.05) is 38.5 Å². The van der Waals surface area contributed by atoms with E-state index in [1.807, 2.05) is 15.5 Å². The lowest BCUT2D eigenvalue weighted by Gasteiger charge is -2.39. The van der Waals surface area contributed by atoms with Gasteiger partial charge < -0.3 is 20.4 Å². The van der Waals surface area contributed by atoms with E-state index in [1.54, 1.807) is 12.5 Å². The topological polar surface area (TPSA) is 146 Å². The van der Waals surface area contributed by atoms with Crippen LogP contribution in [0.2, 0.25) is 0 Å². The van der Waals surface area contributed by atoms with E-state index in [9.17, 15) is 4.79 Å². The number of anilines is 1. The predicted molar refractivity (Wildman–Crippen MR) is 160 cm³/mol. The summed E-state index contributed by atoms with van der Waals surface area (Å²) in [7, 11) is 0. The molecule has 1 saturated carbocycles. The van der Waals surface area contributed by atoms with Crippen LogP contribution in [0.5, 0.6) is 0 Å². The average Bonchev–Trinajstić information content (AvgIpc) is 3.48. The Balaban J connectivity index is 1.20. The third-order valence-corrected chi connectivity index (χ3v) is 8.35. The second kappa shape index (κ2) is 11.8. The van der Waals surface area contributed by atoms with Gasteiger partial charge in [-0.15, -0.1) is 0 Å². The number of ether oxygens (including phenoxy) is 1. The van der Waals surface area contributed by atoms with Gasteiger partial charge in [0.1, 0.15) is 12.2 Å². The number of aromatic amines is 2. The maximum atomic E-state index is 12.7. The molecule has 0 spiro atoms. The fraction of sp³-hybridized carbons (Fsp3) is 0.355. The van der Waals surface area contributed by atoms with E-state index < -0.39 is 0 Å². The molecule has 12 nitrogen and oxygen atoms in total. The van der Waals surface area contributed by atoms with Crippen LogP contribution in [-0.2, 0) is 17.7 Å². The van der Waals surface area contributed by atoms with Gasteiger partial charge in [-0.25, -0.2) is 9.36 Å².